The van der Waals surface area contributed by atoms with Crippen LogP contribution in [0.5, 0.6) is 17.2 Å². The molecule has 0 aliphatic heterocycles. The zero-order valence-electron chi connectivity index (χ0n) is 12.5. The normalized spacial score (nSPS) is 10.2. The standard InChI is InChI=1S/C16H14ClNO5/c1-3-22-16-9-12(5-6-14(16)18(20)21)23-15-7-4-11(10(2)19)8-13(15)17/h4-9H,3H2,1-2H3. The molecule has 0 atom stereocenters. The summed E-state index contributed by atoms with van der Waals surface area (Å²) >= 11 is 6.09. The van der Waals surface area contributed by atoms with E-state index in [1.54, 1.807) is 19.1 Å². The Balaban J connectivity index is 2.31. The van der Waals surface area contributed by atoms with Crippen LogP contribution in [0.15, 0.2) is 36.4 Å². The van der Waals surface area contributed by atoms with Crippen LogP contribution in [0.2, 0.25) is 5.02 Å². The Kier molecular flexibility index (Phi) is 5.18. The van der Waals surface area contributed by atoms with E-state index >= 15 is 0 Å². The summed E-state index contributed by atoms with van der Waals surface area (Å²) < 4.78 is 10.9. The SMILES string of the molecule is CCOc1cc(Oc2ccc(C(C)=O)cc2Cl)ccc1[N+](=O)[O-]. The third-order valence-electron chi connectivity index (χ3n) is 2.99. The minimum Gasteiger partial charge on any atom is -0.487 e. The lowest BCUT2D eigenvalue weighted by Crippen LogP contribution is -1.98. The fraction of sp³-hybridized carbons (Fsp3) is 0.188. The molecule has 0 N–H and O–H groups in total. The van der Waals surface area contributed by atoms with Crippen LogP contribution in [-0.2, 0) is 0 Å². The molecule has 0 aliphatic carbocycles. The van der Waals surface area contributed by atoms with Crippen LogP contribution in [-0.4, -0.2) is 17.3 Å². The van der Waals surface area contributed by atoms with Crippen molar-refractivity contribution in [3.05, 3.63) is 57.1 Å². The molecule has 0 amide bonds. The molecular weight excluding hydrogens is 322 g/mol. The lowest BCUT2D eigenvalue weighted by atomic mass is 10.1. The van der Waals surface area contributed by atoms with E-state index in [1.807, 2.05) is 0 Å². The Labute approximate surface area is 137 Å². The Morgan fingerprint density at radius 3 is 2.52 bits per heavy atom. The molecule has 120 valence electrons. The number of Topliss-reactive ketones (excluding diaryl/α,β-unsaturated/α-hetero) is 1. The predicted molar refractivity (Wildman–Crippen MR) is 85.8 cm³/mol. The molecule has 0 radical (unpaired) electrons. The molecule has 0 fully saturated rings. The number of halogens is 1. The molecule has 0 heterocycles. The molecule has 0 bridgehead atoms. The van der Waals surface area contributed by atoms with Crippen LogP contribution >= 0.6 is 11.6 Å². The maximum atomic E-state index is 11.3. The van der Waals surface area contributed by atoms with Gasteiger partial charge in [0.25, 0.3) is 0 Å². The average molecular weight is 336 g/mol. The minimum atomic E-state index is -0.524. The molecule has 0 aliphatic rings. The lowest BCUT2D eigenvalue weighted by molar-refractivity contribution is -0.385. The van der Waals surface area contributed by atoms with Crippen LogP contribution < -0.4 is 9.47 Å². The molecule has 23 heavy (non-hydrogen) atoms. The third-order valence-corrected chi connectivity index (χ3v) is 3.29. The molecule has 6 nitrogen and oxygen atoms in total. The van der Waals surface area contributed by atoms with Crippen molar-refractivity contribution in [3.63, 3.8) is 0 Å². The molecule has 7 heteroatoms. The van der Waals surface area contributed by atoms with E-state index in [0.29, 0.717) is 23.7 Å². The van der Waals surface area contributed by atoms with E-state index in [9.17, 15) is 14.9 Å². The van der Waals surface area contributed by atoms with Crippen LogP contribution in [0.3, 0.4) is 0 Å². The molecule has 2 rings (SSSR count). The van der Waals surface area contributed by atoms with Gasteiger partial charge in [0.05, 0.1) is 16.6 Å². The van der Waals surface area contributed by atoms with Crippen molar-refractivity contribution in [3.8, 4) is 17.2 Å². The monoisotopic (exact) mass is 335 g/mol. The number of nitro benzene ring substituents is 1. The van der Waals surface area contributed by atoms with Gasteiger partial charge in [-0.25, -0.2) is 0 Å². The van der Waals surface area contributed by atoms with Crippen LogP contribution in [0.25, 0.3) is 0 Å². The topological polar surface area (TPSA) is 78.7 Å². The van der Waals surface area contributed by atoms with Crippen molar-refractivity contribution in [2.24, 2.45) is 0 Å². The Morgan fingerprint density at radius 2 is 1.96 bits per heavy atom. The van der Waals surface area contributed by atoms with Crippen LogP contribution in [0, 0.1) is 10.1 Å². The van der Waals surface area contributed by atoms with Crippen molar-refractivity contribution >= 4 is 23.1 Å². The molecule has 2 aromatic carbocycles. The van der Waals surface area contributed by atoms with Gasteiger partial charge in [-0.1, -0.05) is 11.6 Å². The smallest absolute Gasteiger partial charge is 0.311 e. The summed E-state index contributed by atoms with van der Waals surface area (Å²) in [5, 5.41) is 11.2. The van der Waals surface area contributed by atoms with E-state index in [0.717, 1.165) is 0 Å². The molecule has 2 aromatic rings. The first-order valence-electron chi connectivity index (χ1n) is 6.82. The molecule has 0 saturated carbocycles. The Hall–Kier alpha value is -2.60. The number of carbonyl (C=O) groups is 1. The number of hydrogen-bond donors (Lipinski definition) is 0. The third kappa shape index (κ3) is 3.98. The lowest BCUT2D eigenvalue weighted by Gasteiger charge is -2.10. The van der Waals surface area contributed by atoms with Crippen LogP contribution in [0.1, 0.15) is 24.2 Å². The van der Waals surface area contributed by atoms with E-state index in [-0.39, 0.29) is 22.2 Å². The summed E-state index contributed by atoms with van der Waals surface area (Å²) in [5.74, 6) is 0.698. The largest absolute Gasteiger partial charge is 0.487 e. The molecule has 0 spiro atoms. The number of ether oxygens (including phenoxy) is 2. The second kappa shape index (κ2) is 7.11. The molecule has 0 saturated heterocycles. The van der Waals surface area contributed by atoms with Gasteiger partial charge < -0.3 is 9.47 Å². The van der Waals surface area contributed by atoms with Crippen LogP contribution in [0.4, 0.5) is 5.69 Å². The van der Waals surface area contributed by atoms with Gasteiger partial charge in [0.1, 0.15) is 11.5 Å². The van der Waals surface area contributed by atoms with Gasteiger partial charge in [-0.3, -0.25) is 14.9 Å². The number of rotatable bonds is 6. The van der Waals surface area contributed by atoms with Gasteiger partial charge in [-0.2, -0.15) is 0 Å². The zero-order valence-corrected chi connectivity index (χ0v) is 13.3. The summed E-state index contributed by atoms with van der Waals surface area (Å²) in [4.78, 5) is 21.7. The fourth-order valence-electron chi connectivity index (χ4n) is 1.91. The van der Waals surface area contributed by atoms with Gasteiger partial charge in [0, 0.05) is 17.7 Å². The maximum absolute atomic E-state index is 11.3. The van der Waals surface area contributed by atoms with Crippen molar-refractivity contribution in [2.75, 3.05) is 6.61 Å². The van der Waals surface area contributed by atoms with Crippen molar-refractivity contribution in [1.29, 1.82) is 0 Å². The van der Waals surface area contributed by atoms with Gasteiger partial charge in [-0.05, 0) is 38.1 Å². The highest BCUT2D eigenvalue weighted by Gasteiger charge is 2.16. The van der Waals surface area contributed by atoms with Gasteiger partial charge in [0.15, 0.2) is 5.78 Å². The van der Waals surface area contributed by atoms with Gasteiger partial charge >= 0.3 is 5.69 Å². The highest BCUT2D eigenvalue weighted by Crippen LogP contribution is 2.35. The number of carbonyl (C=O) groups excluding carboxylic acids is 1. The summed E-state index contributed by atoms with van der Waals surface area (Å²) in [6.45, 7) is 3.46. The minimum absolute atomic E-state index is 0.104. The maximum Gasteiger partial charge on any atom is 0.311 e. The van der Waals surface area contributed by atoms with E-state index < -0.39 is 4.92 Å². The second-order valence-electron chi connectivity index (χ2n) is 4.62. The molecule has 0 unspecified atom stereocenters. The Morgan fingerprint density at radius 1 is 1.22 bits per heavy atom. The first-order valence-corrected chi connectivity index (χ1v) is 7.19. The van der Waals surface area contributed by atoms with E-state index in [1.165, 1.54) is 31.2 Å². The number of hydrogen-bond acceptors (Lipinski definition) is 5. The summed E-state index contributed by atoms with van der Waals surface area (Å²) in [7, 11) is 0. The van der Waals surface area contributed by atoms with Gasteiger partial charge in [-0.15, -0.1) is 0 Å². The number of benzene rings is 2. The Bertz CT molecular complexity index is 760. The summed E-state index contributed by atoms with van der Waals surface area (Å²) in [6.07, 6.45) is 0. The quantitative estimate of drug-likeness (QED) is 0.436. The average Bonchev–Trinajstić information content (AvgIpc) is 2.49. The van der Waals surface area contributed by atoms with Gasteiger partial charge in [0.2, 0.25) is 5.75 Å². The highest BCUT2D eigenvalue weighted by atomic mass is 35.5. The predicted octanol–water partition coefficient (Wildman–Crippen LogP) is 4.64. The number of nitro groups is 1. The second-order valence-corrected chi connectivity index (χ2v) is 5.03. The van der Waals surface area contributed by atoms with E-state index in [2.05, 4.69) is 0 Å². The zero-order chi connectivity index (χ0) is 17.0. The highest BCUT2D eigenvalue weighted by molar-refractivity contribution is 6.32. The summed E-state index contributed by atoms with van der Waals surface area (Å²) in [5.41, 5.74) is 0.332. The first-order chi connectivity index (χ1) is 10.9. The van der Waals surface area contributed by atoms with Crippen molar-refractivity contribution < 1.29 is 19.2 Å². The van der Waals surface area contributed by atoms with Crippen molar-refractivity contribution in [2.45, 2.75) is 13.8 Å². The summed E-state index contributed by atoms with van der Waals surface area (Å²) in [6, 6.07) is 8.86. The van der Waals surface area contributed by atoms with Crippen molar-refractivity contribution in [1.82, 2.24) is 0 Å². The fourth-order valence-corrected chi connectivity index (χ4v) is 2.13. The number of ketones is 1. The first kappa shape index (κ1) is 16.8. The number of nitrogens with zero attached hydrogens (tertiary/aromatic N) is 1. The molecule has 0 aromatic heterocycles. The molecular formula is C16H14ClNO5. The van der Waals surface area contributed by atoms with E-state index in [4.69, 9.17) is 21.1 Å².